The van der Waals surface area contributed by atoms with Crippen LogP contribution in [0.5, 0.6) is 11.5 Å². The number of pyridine rings is 1. The molecule has 1 aromatic heterocycles. The van der Waals surface area contributed by atoms with Crippen molar-refractivity contribution in [2.45, 2.75) is 50.4 Å². The van der Waals surface area contributed by atoms with Gasteiger partial charge in [0.2, 0.25) is 0 Å². The van der Waals surface area contributed by atoms with E-state index in [9.17, 15) is 8.42 Å². The van der Waals surface area contributed by atoms with E-state index in [-0.39, 0.29) is 17.7 Å². The first kappa shape index (κ1) is 25.2. The van der Waals surface area contributed by atoms with Crippen LogP contribution in [0.3, 0.4) is 0 Å². The first-order chi connectivity index (χ1) is 16.9. The molecule has 0 saturated carbocycles. The van der Waals surface area contributed by atoms with Crippen molar-refractivity contribution in [1.82, 2.24) is 14.6 Å². The smallest absolute Gasteiger partial charge is 0.258 e. The van der Waals surface area contributed by atoms with Crippen LogP contribution < -0.4 is 14.2 Å². The van der Waals surface area contributed by atoms with Gasteiger partial charge in [0, 0.05) is 25.7 Å². The second kappa shape index (κ2) is 11.2. The molecule has 3 aromatic rings. The van der Waals surface area contributed by atoms with Crippen LogP contribution in [0.4, 0.5) is 0 Å². The number of rotatable bonds is 9. The van der Waals surface area contributed by atoms with Gasteiger partial charge in [-0.05, 0) is 61.6 Å². The molecule has 1 atom stereocenters. The standard InChI is InChI=1S/C27H33N3O4S/c1-20-17-27(35(31,32)29-18-22-9-11-24(33-3)12-10-22)28-19-26(20)34-25-13-15-30(16-14-25)21(2)23-7-5-4-6-8-23/h4-12,17,19,21,25,29H,13-16,18H2,1-3H3. The van der Waals surface area contributed by atoms with Crippen molar-refractivity contribution in [3.63, 3.8) is 0 Å². The maximum absolute atomic E-state index is 12.8. The van der Waals surface area contributed by atoms with Crippen LogP contribution >= 0.6 is 0 Å². The summed E-state index contributed by atoms with van der Waals surface area (Å²) in [6.07, 6.45) is 3.45. The lowest BCUT2D eigenvalue weighted by Gasteiger charge is -2.36. The van der Waals surface area contributed by atoms with Crippen LogP contribution in [0, 0.1) is 6.92 Å². The zero-order valence-corrected chi connectivity index (χ0v) is 21.3. The minimum absolute atomic E-state index is 0.0117. The number of sulfonamides is 1. The molecule has 186 valence electrons. The summed E-state index contributed by atoms with van der Waals surface area (Å²) in [6.45, 7) is 6.17. The normalized spacial score (nSPS) is 16.1. The molecule has 2 aromatic carbocycles. The highest BCUT2D eigenvalue weighted by Gasteiger charge is 2.25. The topological polar surface area (TPSA) is 80.8 Å². The van der Waals surface area contributed by atoms with Gasteiger partial charge in [-0.15, -0.1) is 0 Å². The van der Waals surface area contributed by atoms with E-state index in [4.69, 9.17) is 9.47 Å². The largest absolute Gasteiger partial charge is 0.497 e. The van der Waals surface area contributed by atoms with Gasteiger partial charge in [0.25, 0.3) is 10.0 Å². The Labute approximate surface area is 208 Å². The molecule has 0 radical (unpaired) electrons. The number of methoxy groups -OCH3 is 1. The molecule has 4 rings (SSSR count). The minimum atomic E-state index is -3.74. The van der Waals surface area contributed by atoms with Crippen molar-refractivity contribution >= 4 is 10.0 Å². The molecule has 0 amide bonds. The maximum atomic E-state index is 12.8. The number of ether oxygens (including phenoxy) is 2. The number of aryl methyl sites for hydroxylation is 1. The van der Waals surface area contributed by atoms with E-state index < -0.39 is 10.0 Å². The Bertz CT molecular complexity index is 1210. The van der Waals surface area contributed by atoms with Crippen LogP contribution in [0.25, 0.3) is 0 Å². The van der Waals surface area contributed by atoms with Gasteiger partial charge in [-0.1, -0.05) is 42.5 Å². The Morgan fingerprint density at radius 3 is 2.40 bits per heavy atom. The van der Waals surface area contributed by atoms with E-state index in [0.29, 0.717) is 11.8 Å². The van der Waals surface area contributed by atoms with E-state index >= 15 is 0 Å². The van der Waals surface area contributed by atoms with Crippen molar-refractivity contribution in [3.05, 3.63) is 83.6 Å². The Morgan fingerprint density at radius 2 is 1.77 bits per heavy atom. The lowest BCUT2D eigenvalue weighted by atomic mass is 10.0. The third kappa shape index (κ3) is 6.39. The molecule has 8 heteroatoms. The fourth-order valence-corrected chi connectivity index (χ4v) is 5.31. The first-order valence-corrected chi connectivity index (χ1v) is 13.4. The minimum Gasteiger partial charge on any atom is -0.497 e. The SMILES string of the molecule is COc1ccc(CNS(=O)(=O)c2cc(C)c(OC3CCN(C(C)c4ccccc4)CC3)cn2)cc1. The van der Waals surface area contributed by atoms with Crippen LogP contribution in [0.2, 0.25) is 0 Å². The second-order valence-corrected chi connectivity index (χ2v) is 10.6. The number of benzene rings is 2. The molecule has 7 nitrogen and oxygen atoms in total. The number of piperidine rings is 1. The van der Waals surface area contributed by atoms with Gasteiger partial charge in [-0.3, -0.25) is 4.90 Å². The highest BCUT2D eigenvalue weighted by atomic mass is 32.2. The van der Waals surface area contributed by atoms with Crippen LogP contribution in [0.15, 0.2) is 71.9 Å². The quantitative estimate of drug-likeness (QED) is 0.471. The highest BCUT2D eigenvalue weighted by molar-refractivity contribution is 7.89. The molecule has 0 spiro atoms. The lowest BCUT2D eigenvalue weighted by molar-refractivity contribution is 0.0790. The van der Waals surface area contributed by atoms with Crippen molar-refractivity contribution in [1.29, 1.82) is 0 Å². The number of nitrogens with zero attached hydrogens (tertiary/aromatic N) is 2. The van der Waals surface area contributed by atoms with Crippen molar-refractivity contribution in [3.8, 4) is 11.5 Å². The van der Waals surface area contributed by atoms with Crippen LogP contribution in [0.1, 0.15) is 42.5 Å². The summed E-state index contributed by atoms with van der Waals surface area (Å²) in [4.78, 5) is 6.67. The van der Waals surface area contributed by atoms with E-state index in [2.05, 4.69) is 45.8 Å². The molecule has 35 heavy (non-hydrogen) atoms. The average Bonchev–Trinajstić information content (AvgIpc) is 2.89. The number of nitrogens with one attached hydrogen (secondary N) is 1. The molecule has 2 heterocycles. The number of hydrogen-bond acceptors (Lipinski definition) is 6. The second-order valence-electron chi connectivity index (χ2n) is 8.90. The third-order valence-electron chi connectivity index (χ3n) is 6.54. The molecule has 1 fully saturated rings. The van der Waals surface area contributed by atoms with Crippen molar-refractivity contribution in [2.75, 3.05) is 20.2 Å². The van der Waals surface area contributed by atoms with E-state index in [1.807, 2.05) is 25.1 Å². The monoisotopic (exact) mass is 495 g/mol. The van der Waals surface area contributed by atoms with Crippen LogP contribution in [-0.2, 0) is 16.6 Å². The maximum Gasteiger partial charge on any atom is 0.258 e. The van der Waals surface area contributed by atoms with Crippen molar-refractivity contribution in [2.24, 2.45) is 0 Å². The van der Waals surface area contributed by atoms with Gasteiger partial charge in [0.15, 0.2) is 5.03 Å². The third-order valence-corrected chi connectivity index (χ3v) is 7.84. The number of likely N-dealkylation sites (tertiary alicyclic amines) is 1. The Kier molecular flexibility index (Phi) is 8.05. The van der Waals surface area contributed by atoms with Gasteiger partial charge in [-0.2, -0.15) is 0 Å². The Balaban J connectivity index is 1.32. The lowest BCUT2D eigenvalue weighted by Crippen LogP contribution is -2.39. The predicted octanol–water partition coefficient (Wildman–Crippen LogP) is 4.48. The Hall–Kier alpha value is -2.94. The molecule has 0 bridgehead atoms. The molecule has 1 saturated heterocycles. The average molecular weight is 496 g/mol. The predicted molar refractivity (Wildman–Crippen MR) is 136 cm³/mol. The zero-order chi connectivity index (χ0) is 24.8. The molecular formula is C27H33N3O4S. The van der Waals surface area contributed by atoms with E-state index in [0.717, 1.165) is 42.8 Å². The van der Waals surface area contributed by atoms with E-state index in [1.165, 1.54) is 11.8 Å². The summed E-state index contributed by atoms with van der Waals surface area (Å²) in [5, 5.41) is -0.0117. The zero-order valence-electron chi connectivity index (χ0n) is 20.5. The molecule has 0 aliphatic carbocycles. The number of aromatic nitrogens is 1. The molecule has 1 aliphatic rings. The molecule has 1 unspecified atom stereocenters. The fourth-order valence-electron chi connectivity index (χ4n) is 4.29. The fraction of sp³-hybridized carbons (Fsp3) is 0.370. The molecular weight excluding hydrogens is 462 g/mol. The van der Waals surface area contributed by atoms with Crippen LogP contribution in [-0.4, -0.2) is 44.6 Å². The summed E-state index contributed by atoms with van der Waals surface area (Å²) in [7, 11) is -2.15. The van der Waals surface area contributed by atoms with E-state index in [1.54, 1.807) is 25.3 Å². The van der Waals surface area contributed by atoms with Gasteiger partial charge in [0.1, 0.15) is 17.6 Å². The van der Waals surface area contributed by atoms with Gasteiger partial charge >= 0.3 is 0 Å². The van der Waals surface area contributed by atoms with Gasteiger partial charge in [0.05, 0.1) is 13.3 Å². The molecule has 1 aliphatic heterocycles. The molecule has 1 N–H and O–H groups in total. The Morgan fingerprint density at radius 1 is 1.09 bits per heavy atom. The number of hydrogen-bond donors (Lipinski definition) is 1. The summed E-state index contributed by atoms with van der Waals surface area (Å²) in [6, 6.07) is 19.7. The summed E-state index contributed by atoms with van der Waals surface area (Å²) in [5.41, 5.74) is 2.91. The first-order valence-electron chi connectivity index (χ1n) is 11.9. The summed E-state index contributed by atoms with van der Waals surface area (Å²) >= 11 is 0. The van der Waals surface area contributed by atoms with Gasteiger partial charge in [-0.25, -0.2) is 18.1 Å². The summed E-state index contributed by atoms with van der Waals surface area (Å²) in [5.74, 6) is 1.36. The van der Waals surface area contributed by atoms with Gasteiger partial charge < -0.3 is 9.47 Å². The summed E-state index contributed by atoms with van der Waals surface area (Å²) < 4.78 is 39.5. The van der Waals surface area contributed by atoms with Crippen molar-refractivity contribution < 1.29 is 17.9 Å². The highest BCUT2D eigenvalue weighted by Crippen LogP contribution is 2.27.